The molecule has 2 nitrogen and oxygen atoms in total. The van der Waals surface area contributed by atoms with Crippen LogP contribution in [0.5, 0.6) is 0 Å². The van der Waals surface area contributed by atoms with Gasteiger partial charge in [-0.3, -0.25) is 0 Å². The second-order valence-electron chi connectivity index (χ2n) is 5.22. The summed E-state index contributed by atoms with van der Waals surface area (Å²) in [5.41, 5.74) is 7.13. The molecule has 0 heterocycles. The molecule has 100 valence electrons. The fraction of sp³-hybridized carbons (Fsp3) is 0.600. The van der Waals surface area contributed by atoms with Gasteiger partial charge in [0.25, 0.3) is 0 Å². The van der Waals surface area contributed by atoms with E-state index in [1.165, 1.54) is 24.8 Å². The fourth-order valence-electron chi connectivity index (χ4n) is 2.97. The van der Waals surface area contributed by atoms with Crippen LogP contribution in [0, 0.1) is 5.92 Å². The van der Waals surface area contributed by atoms with Gasteiger partial charge in [0.2, 0.25) is 0 Å². The van der Waals surface area contributed by atoms with Crippen molar-refractivity contribution >= 4 is 11.6 Å². The van der Waals surface area contributed by atoms with E-state index < -0.39 is 0 Å². The Bertz CT molecular complexity index is 381. The van der Waals surface area contributed by atoms with Gasteiger partial charge in [-0.2, -0.15) is 0 Å². The van der Waals surface area contributed by atoms with Gasteiger partial charge in [-0.25, -0.2) is 0 Å². The number of nitrogens with two attached hydrogens (primary N) is 1. The van der Waals surface area contributed by atoms with Crippen molar-refractivity contribution in [3.8, 4) is 0 Å². The van der Waals surface area contributed by atoms with Crippen LogP contribution in [-0.4, -0.2) is 12.6 Å². The highest BCUT2D eigenvalue weighted by Crippen LogP contribution is 2.28. The first-order valence-corrected chi connectivity index (χ1v) is 7.34. The minimum atomic E-state index is 0.390. The number of nitrogens with one attached hydrogen (secondary N) is 1. The summed E-state index contributed by atoms with van der Waals surface area (Å²) in [6.45, 7) is 3.01. The molecule has 0 aliphatic heterocycles. The van der Waals surface area contributed by atoms with Gasteiger partial charge in [0.1, 0.15) is 0 Å². The van der Waals surface area contributed by atoms with E-state index >= 15 is 0 Å². The Morgan fingerprint density at radius 1 is 1.44 bits per heavy atom. The second kappa shape index (κ2) is 6.55. The molecule has 18 heavy (non-hydrogen) atoms. The zero-order valence-corrected chi connectivity index (χ0v) is 11.8. The number of halogens is 1. The van der Waals surface area contributed by atoms with Crippen molar-refractivity contribution in [3.05, 3.63) is 34.9 Å². The number of rotatable bonds is 5. The predicted octanol–water partition coefficient (Wildman–Crippen LogP) is 3.51. The first-order chi connectivity index (χ1) is 8.74. The molecule has 0 aromatic heterocycles. The summed E-state index contributed by atoms with van der Waals surface area (Å²) in [5, 5.41) is 4.59. The molecule has 1 fully saturated rings. The maximum Gasteiger partial charge on any atom is 0.0409 e. The van der Waals surface area contributed by atoms with Crippen molar-refractivity contribution in [2.24, 2.45) is 11.7 Å². The van der Waals surface area contributed by atoms with Gasteiger partial charge >= 0.3 is 0 Å². The van der Waals surface area contributed by atoms with Gasteiger partial charge in [-0.15, -0.1) is 0 Å². The van der Waals surface area contributed by atoms with Crippen LogP contribution in [-0.2, 0) is 0 Å². The normalized spacial score (nSPS) is 25.3. The van der Waals surface area contributed by atoms with Crippen molar-refractivity contribution in [1.82, 2.24) is 5.32 Å². The predicted molar refractivity (Wildman–Crippen MR) is 77.8 cm³/mol. The number of hydrogen-bond donors (Lipinski definition) is 2. The molecule has 1 saturated carbocycles. The van der Waals surface area contributed by atoms with Gasteiger partial charge in [0.15, 0.2) is 0 Å². The lowest BCUT2D eigenvalue weighted by Gasteiger charge is -2.26. The summed E-state index contributed by atoms with van der Waals surface area (Å²) in [6, 6.07) is 9.13. The summed E-state index contributed by atoms with van der Waals surface area (Å²) in [4.78, 5) is 0. The zero-order valence-electron chi connectivity index (χ0n) is 11.0. The van der Waals surface area contributed by atoms with Gasteiger partial charge < -0.3 is 11.1 Å². The zero-order chi connectivity index (χ0) is 13.0. The Morgan fingerprint density at radius 3 is 2.94 bits per heavy atom. The topological polar surface area (TPSA) is 38.0 Å². The molecule has 0 saturated heterocycles. The molecule has 0 radical (unpaired) electrons. The van der Waals surface area contributed by atoms with Gasteiger partial charge in [0.05, 0.1) is 0 Å². The monoisotopic (exact) mass is 266 g/mol. The molecule has 1 aliphatic carbocycles. The number of hydrogen-bond acceptors (Lipinski definition) is 2. The Morgan fingerprint density at radius 2 is 2.28 bits per heavy atom. The van der Waals surface area contributed by atoms with Crippen molar-refractivity contribution in [3.63, 3.8) is 0 Å². The maximum atomic E-state index is 6.07. The van der Waals surface area contributed by atoms with E-state index in [0.29, 0.717) is 18.0 Å². The van der Waals surface area contributed by atoms with Crippen molar-refractivity contribution < 1.29 is 0 Å². The van der Waals surface area contributed by atoms with Crippen LogP contribution in [0.1, 0.15) is 44.2 Å². The Hall–Kier alpha value is -0.570. The molecule has 3 unspecified atom stereocenters. The molecular weight excluding hydrogens is 244 g/mol. The molecule has 1 aromatic carbocycles. The van der Waals surface area contributed by atoms with E-state index in [2.05, 4.69) is 24.4 Å². The third kappa shape index (κ3) is 3.25. The van der Waals surface area contributed by atoms with Crippen LogP contribution in [0.4, 0.5) is 0 Å². The minimum absolute atomic E-state index is 0.390. The van der Waals surface area contributed by atoms with Crippen LogP contribution in [0.25, 0.3) is 0 Å². The van der Waals surface area contributed by atoms with E-state index in [1.807, 2.05) is 12.1 Å². The fourth-order valence-corrected chi connectivity index (χ4v) is 3.17. The van der Waals surface area contributed by atoms with Gasteiger partial charge in [0, 0.05) is 17.1 Å². The van der Waals surface area contributed by atoms with E-state index in [-0.39, 0.29) is 0 Å². The summed E-state index contributed by atoms with van der Waals surface area (Å²) in [6.07, 6.45) is 4.89. The highest BCUT2D eigenvalue weighted by molar-refractivity contribution is 6.30. The molecule has 3 atom stereocenters. The standard InChI is InChI=1S/C15H23ClN2/c1-2-14(11-5-3-7-13(16)9-11)18-15-8-4-6-12(15)10-17/h3,5,7,9,12,14-15,18H,2,4,6,8,10,17H2,1H3. The summed E-state index contributed by atoms with van der Waals surface area (Å²) < 4.78 is 0. The second-order valence-corrected chi connectivity index (χ2v) is 5.65. The third-order valence-electron chi connectivity index (χ3n) is 4.04. The van der Waals surface area contributed by atoms with Crippen LogP contribution in [0.3, 0.4) is 0 Å². The maximum absolute atomic E-state index is 6.07. The quantitative estimate of drug-likeness (QED) is 0.856. The summed E-state index contributed by atoms with van der Waals surface area (Å²) in [7, 11) is 0. The molecule has 0 amide bonds. The average molecular weight is 267 g/mol. The lowest BCUT2D eigenvalue weighted by atomic mass is 9.99. The van der Waals surface area contributed by atoms with E-state index in [0.717, 1.165) is 18.0 Å². The Kier molecular flexibility index (Phi) is 5.04. The largest absolute Gasteiger partial charge is 0.330 e. The molecule has 1 aliphatic rings. The average Bonchev–Trinajstić information content (AvgIpc) is 2.83. The first kappa shape index (κ1) is 13.9. The van der Waals surface area contributed by atoms with Crippen LogP contribution >= 0.6 is 11.6 Å². The van der Waals surface area contributed by atoms with Gasteiger partial charge in [-0.05, 0) is 49.4 Å². The van der Waals surface area contributed by atoms with Crippen molar-refractivity contribution in [2.75, 3.05) is 6.54 Å². The van der Waals surface area contributed by atoms with Crippen LogP contribution in [0.15, 0.2) is 24.3 Å². The summed E-state index contributed by atoms with van der Waals surface area (Å²) >= 11 is 6.07. The Balaban J connectivity index is 2.05. The highest BCUT2D eigenvalue weighted by atomic mass is 35.5. The molecule has 3 heteroatoms. The smallest absolute Gasteiger partial charge is 0.0409 e. The van der Waals surface area contributed by atoms with Crippen molar-refractivity contribution in [1.29, 1.82) is 0 Å². The minimum Gasteiger partial charge on any atom is -0.330 e. The Labute approximate surface area is 115 Å². The van der Waals surface area contributed by atoms with Crippen LogP contribution < -0.4 is 11.1 Å². The molecule has 3 N–H and O–H groups in total. The first-order valence-electron chi connectivity index (χ1n) is 6.96. The van der Waals surface area contributed by atoms with E-state index in [9.17, 15) is 0 Å². The molecule has 2 rings (SSSR count). The lowest BCUT2D eigenvalue weighted by Crippen LogP contribution is -2.38. The molecular formula is C15H23ClN2. The van der Waals surface area contributed by atoms with Gasteiger partial charge in [-0.1, -0.05) is 37.1 Å². The third-order valence-corrected chi connectivity index (χ3v) is 4.27. The molecule has 0 bridgehead atoms. The van der Waals surface area contributed by atoms with Crippen LogP contribution in [0.2, 0.25) is 5.02 Å². The highest BCUT2D eigenvalue weighted by Gasteiger charge is 2.27. The summed E-state index contributed by atoms with van der Waals surface area (Å²) in [5.74, 6) is 0.637. The molecule has 0 spiro atoms. The van der Waals surface area contributed by atoms with Crippen molar-refractivity contribution in [2.45, 2.75) is 44.7 Å². The molecule has 1 aromatic rings. The van der Waals surface area contributed by atoms with E-state index in [4.69, 9.17) is 17.3 Å². The SMILES string of the molecule is CCC(NC1CCCC1CN)c1cccc(Cl)c1. The number of benzene rings is 1. The van der Waals surface area contributed by atoms with E-state index in [1.54, 1.807) is 0 Å². The lowest BCUT2D eigenvalue weighted by molar-refractivity contribution is 0.357.